The van der Waals surface area contributed by atoms with Crippen LogP contribution in [0.5, 0.6) is 0 Å². The van der Waals surface area contributed by atoms with Crippen LogP contribution in [0, 0.1) is 0 Å². The quantitative estimate of drug-likeness (QED) is 0.876. The van der Waals surface area contributed by atoms with Gasteiger partial charge in [-0.1, -0.05) is 20.8 Å². The largest absolute Gasteiger partial charge is 0.376 e. The molecular formula is C15H27N3OS. The molecule has 114 valence electrons. The first kappa shape index (κ1) is 15.9. The summed E-state index contributed by atoms with van der Waals surface area (Å²) in [6, 6.07) is 1.04. The molecule has 0 amide bonds. The van der Waals surface area contributed by atoms with Crippen molar-refractivity contribution < 1.29 is 4.74 Å². The fourth-order valence-electron chi connectivity index (χ4n) is 2.48. The van der Waals surface area contributed by atoms with Crippen LogP contribution < -0.4 is 5.32 Å². The summed E-state index contributed by atoms with van der Waals surface area (Å²) in [5, 5.41) is 6.80. The maximum Gasteiger partial charge on any atom is 0.107 e. The van der Waals surface area contributed by atoms with E-state index in [2.05, 4.69) is 43.3 Å². The average molecular weight is 297 g/mol. The lowest BCUT2D eigenvalue weighted by Crippen LogP contribution is -2.47. The van der Waals surface area contributed by atoms with E-state index in [-0.39, 0.29) is 0 Å². The molecule has 0 bridgehead atoms. The van der Waals surface area contributed by atoms with Gasteiger partial charge in [0.25, 0.3) is 0 Å². The van der Waals surface area contributed by atoms with Crippen LogP contribution in [0.25, 0.3) is 0 Å². The summed E-state index contributed by atoms with van der Waals surface area (Å²) in [6.07, 6.45) is 1.47. The fourth-order valence-corrected chi connectivity index (χ4v) is 3.22. The van der Waals surface area contributed by atoms with E-state index in [9.17, 15) is 0 Å². The molecular weight excluding hydrogens is 270 g/mol. The number of hydrogen-bond donors (Lipinski definition) is 1. The number of rotatable bonds is 6. The number of ether oxygens (including phenoxy) is 1. The van der Waals surface area contributed by atoms with Crippen molar-refractivity contribution in [2.45, 2.75) is 65.4 Å². The summed E-state index contributed by atoms with van der Waals surface area (Å²) in [5.74, 6) is 0. The average Bonchev–Trinajstić information content (AvgIpc) is 2.84. The summed E-state index contributed by atoms with van der Waals surface area (Å²) >= 11 is 1.76. The Balaban J connectivity index is 1.91. The number of nitrogens with one attached hydrogen (secondary N) is 1. The van der Waals surface area contributed by atoms with Gasteiger partial charge in [0, 0.05) is 37.1 Å². The highest BCUT2D eigenvalue weighted by molar-refractivity contribution is 7.09. The Labute approximate surface area is 126 Å². The highest BCUT2D eigenvalue weighted by atomic mass is 32.1. The lowest BCUT2D eigenvalue weighted by atomic mass is 10.1. The van der Waals surface area contributed by atoms with Gasteiger partial charge in [-0.05, 0) is 13.3 Å². The molecule has 2 unspecified atom stereocenters. The Bertz CT molecular complexity index is 408. The summed E-state index contributed by atoms with van der Waals surface area (Å²) in [4.78, 5) is 7.26. The molecule has 0 radical (unpaired) electrons. The van der Waals surface area contributed by atoms with E-state index in [0.717, 1.165) is 32.7 Å². The third kappa shape index (κ3) is 4.52. The summed E-state index contributed by atoms with van der Waals surface area (Å²) < 4.78 is 5.75. The van der Waals surface area contributed by atoms with Crippen molar-refractivity contribution in [1.82, 2.24) is 15.2 Å². The van der Waals surface area contributed by atoms with Gasteiger partial charge < -0.3 is 10.1 Å². The molecule has 2 atom stereocenters. The zero-order valence-electron chi connectivity index (χ0n) is 13.1. The van der Waals surface area contributed by atoms with Crippen molar-refractivity contribution in [1.29, 1.82) is 0 Å². The Morgan fingerprint density at radius 1 is 1.55 bits per heavy atom. The van der Waals surface area contributed by atoms with Crippen LogP contribution in [0.2, 0.25) is 0 Å². The lowest BCUT2D eigenvalue weighted by Gasteiger charge is -2.37. The monoisotopic (exact) mass is 297 g/mol. The predicted molar refractivity (Wildman–Crippen MR) is 84.0 cm³/mol. The summed E-state index contributed by atoms with van der Waals surface area (Å²) in [6.45, 7) is 12.4. The first-order chi connectivity index (χ1) is 9.58. The second-order valence-electron chi connectivity index (χ2n) is 5.90. The Hall–Kier alpha value is -0.490. The molecule has 1 aliphatic heterocycles. The van der Waals surface area contributed by atoms with Gasteiger partial charge in [0.1, 0.15) is 5.01 Å². The standard InChI is InChI=1S/C15H27N3OS/c1-5-14-9-19-12(4)7-18(14)8-13-10-20-15(17-13)6-16-11(2)3/h10-12,14,16H,5-9H2,1-4H3. The van der Waals surface area contributed by atoms with Crippen molar-refractivity contribution in [3.63, 3.8) is 0 Å². The van der Waals surface area contributed by atoms with Crippen LogP contribution in [-0.4, -0.2) is 41.2 Å². The van der Waals surface area contributed by atoms with Gasteiger partial charge in [-0.3, -0.25) is 4.90 Å². The topological polar surface area (TPSA) is 37.4 Å². The van der Waals surface area contributed by atoms with Gasteiger partial charge >= 0.3 is 0 Å². The maximum absolute atomic E-state index is 5.75. The Morgan fingerprint density at radius 2 is 2.35 bits per heavy atom. The minimum absolute atomic E-state index is 0.332. The third-order valence-electron chi connectivity index (χ3n) is 3.68. The van der Waals surface area contributed by atoms with E-state index in [1.807, 2.05) is 0 Å². The minimum Gasteiger partial charge on any atom is -0.376 e. The van der Waals surface area contributed by atoms with Gasteiger partial charge in [-0.2, -0.15) is 0 Å². The Morgan fingerprint density at radius 3 is 3.05 bits per heavy atom. The van der Waals surface area contributed by atoms with Crippen molar-refractivity contribution >= 4 is 11.3 Å². The molecule has 1 saturated heterocycles. The van der Waals surface area contributed by atoms with Gasteiger partial charge in [-0.25, -0.2) is 4.98 Å². The van der Waals surface area contributed by atoms with E-state index in [0.29, 0.717) is 18.2 Å². The molecule has 0 saturated carbocycles. The van der Waals surface area contributed by atoms with Gasteiger partial charge in [0.05, 0.1) is 18.4 Å². The van der Waals surface area contributed by atoms with E-state index in [1.54, 1.807) is 11.3 Å². The zero-order chi connectivity index (χ0) is 14.5. The first-order valence-corrected chi connectivity index (χ1v) is 8.48. The molecule has 2 heterocycles. The van der Waals surface area contributed by atoms with E-state index in [1.165, 1.54) is 10.7 Å². The third-order valence-corrected chi connectivity index (χ3v) is 4.58. The molecule has 5 heteroatoms. The lowest BCUT2D eigenvalue weighted by molar-refractivity contribution is -0.0595. The molecule has 2 rings (SSSR count). The molecule has 20 heavy (non-hydrogen) atoms. The molecule has 0 aromatic carbocycles. The molecule has 1 aromatic rings. The van der Waals surface area contributed by atoms with Crippen LogP contribution in [0.15, 0.2) is 5.38 Å². The fraction of sp³-hybridized carbons (Fsp3) is 0.800. The smallest absolute Gasteiger partial charge is 0.107 e. The van der Waals surface area contributed by atoms with Crippen LogP contribution in [0.4, 0.5) is 0 Å². The zero-order valence-corrected chi connectivity index (χ0v) is 13.9. The van der Waals surface area contributed by atoms with Crippen molar-refractivity contribution in [2.24, 2.45) is 0 Å². The minimum atomic E-state index is 0.332. The number of thiazole rings is 1. The number of morpholine rings is 1. The van der Waals surface area contributed by atoms with Crippen LogP contribution in [-0.2, 0) is 17.8 Å². The summed E-state index contributed by atoms with van der Waals surface area (Å²) in [5.41, 5.74) is 1.20. The first-order valence-electron chi connectivity index (χ1n) is 7.60. The van der Waals surface area contributed by atoms with Gasteiger partial charge in [0.15, 0.2) is 0 Å². The molecule has 1 fully saturated rings. The molecule has 1 aromatic heterocycles. The molecule has 1 aliphatic rings. The van der Waals surface area contributed by atoms with Crippen molar-refractivity contribution in [3.05, 3.63) is 16.1 Å². The van der Waals surface area contributed by atoms with Crippen LogP contribution in [0.3, 0.4) is 0 Å². The van der Waals surface area contributed by atoms with Crippen molar-refractivity contribution in [3.8, 4) is 0 Å². The second kappa shape index (κ2) is 7.50. The summed E-state index contributed by atoms with van der Waals surface area (Å²) in [7, 11) is 0. The highest BCUT2D eigenvalue weighted by Gasteiger charge is 2.25. The van der Waals surface area contributed by atoms with E-state index in [4.69, 9.17) is 9.72 Å². The van der Waals surface area contributed by atoms with Gasteiger partial charge in [-0.15, -0.1) is 11.3 Å². The highest BCUT2D eigenvalue weighted by Crippen LogP contribution is 2.19. The second-order valence-corrected chi connectivity index (χ2v) is 6.85. The number of aromatic nitrogens is 1. The van der Waals surface area contributed by atoms with Crippen molar-refractivity contribution in [2.75, 3.05) is 13.2 Å². The molecule has 4 nitrogen and oxygen atoms in total. The normalized spacial score (nSPS) is 24.4. The van der Waals surface area contributed by atoms with Crippen LogP contribution in [0.1, 0.15) is 44.8 Å². The molecule has 1 N–H and O–H groups in total. The Kier molecular flexibility index (Phi) is 5.96. The van der Waals surface area contributed by atoms with E-state index < -0.39 is 0 Å². The van der Waals surface area contributed by atoms with Crippen LogP contribution >= 0.6 is 11.3 Å². The van der Waals surface area contributed by atoms with E-state index >= 15 is 0 Å². The maximum atomic E-state index is 5.75. The predicted octanol–water partition coefficient (Wildman–Crippen LogP) is 2.64. The molecule has 0 aliphatic carbocycles. The SMILES string of the molecule is CCC1COC(C)CN1Cc1csc(CNC(C)C)n1. The molecule has 0 spiro atoms. The number of hydrogen-bond acceptors (Lipinski definition) is 5. The van der Waals surface area contributed by atoms with Gasteiger partial charge in [0.2, 0.25) is 0 Å². The number of nitrogens with zero attached hydrogens (tertiary/aromatic N) is 2.